The van der Waals surface area contributed by atoms with Gasteiger partial charge in [0.1, 0.15) is 11.5 Å². The van der Waals surface area contributed by atoms with E-state index in [-0.39, 0.29) is 11.9 Å². The number of carboxylic acid groups (broad SMARTS) is 1. The predicted octanol–water partition coefficient (Wildman–Crippen LogP) is 1.99. The number of hydrogen-bond acceptors (Lipinski definition) is 3. The smallest absolute Gasteiger partial charge is 0.310 e. The van der Waals surface area contributed by atoms with Gasteiger partial charge < -0.3 is 14.7 Å². The lowest BCUT2D eigenvalue weighted by Gasteiger charge is -2.27. The second-order valence-electron chi connectivity index (χ2n) is 6.91. The third-order valence-corrected chi connectivity index (χ3v) is 5.08. The number of allylic oxidation sites excluding steroid dienone is 2. The van der Waals surface area contributed by atoms with Crippen LogP contribution in [0.3, 0.4) is 0 Å². The Morgan fingerprint density at radius 3 is 2.95 bits per heavy atom. The number of nitrogens with zero attached hydrogens (tertiary/aromatic N) is 1. The molecule has 5 atom stereocenters. The molecule has 0 radical (unpaired) electrons. The first-order valence-corrected chi connectivity index (χ1v) is 7.89. The predicted molar refractivity (Wildman–Crippen MR) is 81.2 cm³/mol. The fourth-order valence-corrected chi connectivity index (χ4v) is 3.95. The van der Waals surface area contributed by atoms with Crippen LogP contribution < -0.4 is 0 Å². The highest BCUT2D eigenvalue weighted by molar-refractivity contribution is 5.90. The van der Waals surface area contributed by atoms with E-state index in [1.807, 2.05) is 17.9 Å². The zero-order chi connectivity index (χ0) is 16.1. The number of carbonyl (C=O) groups is 2. The molecule has 0 aromatic heterocycles. The second-order valence-corrected chi connectivity index (χ2v) is 6.91. The van der Waals surface area contributed by atoms with Gasteiger partial charge in [0.2, 0.25) is 5.91 Å². The molecule has 1 amide bonds. The Kier molecular flexibility index (Phi) is 3.63. The molecule has 1 spiro atoms. The molecule has 3 aliphatic heterocycles. The second kappa shape index (κ2) is 5.23. The van der Waals surface area contributed by atoms with Crippen LogP contribution in [0.5, 0.6) is 0 Å². The first-order chi connectivity index (χ1) is 10.4. The van der Waals surface area contributed by atoms with Crippen LogP contribution in [0.2, 0.25) is 0 Å². The molecule has 5 heteroatoms. The summed E-state index contributed by atoms with van der Waals surface area (Å²) in [6.07, 6.45) is 7.23. The van der Waals surface area contributed by atoms with E-state index in [1.165, 1.54) is 5.57 Å². The van der Waals surface area contributed by atoms with Crippen molar-refractivity contribution in [3.05, 3.63) is 23.8 Å². The van der Waals surface area contributed by atoms with Gasteiger partial charge in [0.05, 0.1) is 18.6 Å². The van der Waals surface area contributed by atoms with E-state index in [0.717, 1.165) is 12.8 Å². The summed E-state index contributed by atoms with van der Waals surface area (Å²) in [6, 6.07) is 0.0913. The highest BCUT2D eigenvalue weighted by Crippen LogP contribution is 2.52. The summed E-state index contributed by atoms with van der Waals surface area (Å²) in [5.41, 5.74) is 0.557. The van der Waals surface area contributed by atoms with Gasteiger partial charge in [-0.25, -0.2) is 0 Å². The van der Waals surface area contributed by atoms with Gasteiger partial charge in [0, 0.05) is 6.04 Å². The molecule has 3 rings (SSSR count). The Morgan fingerprint density at radius 1 is 1.59 bits per heavy atom. The van der Waals surface area contributed by atoms with Crippen molar-refractivity contribution in [2.45, 2.75) is 51.4 Å². The minimum Gasteiger partial charge on any atom is -0.481 e. The Bertz CT molecular complexity index is 563. The molecule has 1 N–H and O–H groups in total. The minimum absolute atomic E-state index is 0.0658. The zero-order valence-electron chi connectivity index (χ0n) is 13.3. The number of rotatable bonds is 5. The molecule has 3 heterocycles. The largest absolute Gasteiger partial charge is 0.481 e. The highest BCUT2D eigenvalue weighted by Gasteiger charge is 2.67. The molecule has 0 aromatic rings. The quantitative estimate of drug-likeness (QED) is 0.789. The van der Waals surface area contributed by atoms with Crippen molar-refractivity contribution >= 4 is 11.9 Å². The number of fused-ring (bicyclic) bond motifs is 1. The maximum absolute atomic E-state index is 12.8. The minimum atomic E-state index is -0.936. The summed E-state index contributed by atoms with van der Waals surface area (Å²) >= 11 is 0. The molecule has 120 valence electrons. The lowest BCUT2D eigenvalue weighted by Crippen LogP contribution is -2.40. The lowest BCUT2D eigenvalue weighted by atomic mass is 9.77. The third kappa shape index (κ3) is 2.19. The number of carboxylic acids is 1. The maximum Gasteiger partial charge on any atom is 0.310 e. The molecule has 0 aromatic carbocycles. The molecule has 4 unspecified atom stereocenters. The molecule has 0 aliphatic carbocycles. The highest BCUT2D eigenvalue weighted by atomic mass is 16.5. The summed E-state index contributed by atoms with van der Waals surface area (Å²) in [7, 11) is 0. The average Bonchev–Trinajstić information content (AvgIpc) is 3.06. The molecule has 22 heavy (non-hydrogen) atoms. The van der Waals surface area contributed by atoms with E-state index in [0.29, 0.717) is 6.54 Å². The number of aliphatic carboxylic acids is 1. The maximum atomic E-state index is 12.8. The van der Waals surface area contributed by atoms with Crippen LogP contribution in [0.1, 0.15) is 33.6 Å². The van der Waals surface area contributed by atoms with Crippen molar-refractivity contribution in [2.24, 2.45) is 11.8 Å². The fourth-order valence-electron chi connectivity index (χ4n) is 3.95. The summed E-state index contributed by atoms with van der Waals surface area (Å²) in [6.45, 7) is 6.62. The number of amides is 1. The topological polar surface area (TPSA) is 66.8 Å². The molecular weight excluding hydrogens is 282 g/mol. The van der Waals surface area contributed by atoms with E-state index in [9.17, 15) is 14.7 Å². The van der Waals surface area contributed by atoms with Gasteiger partial charge in [-0.05, 0) is 33.6 Å². The van der Waals surface area contributed by atoms with Crippen molar-refractivity contribution < 1.29 is 19.4 Å². The standard InChI is InChI=1S/C17H23NO4/c1-10(2)5-4-6-11(3)18-9-17-8-7-12(22-17)13(16(20)21)14(17)15(18)19/h5,7-8,11-14H,4,6,9H2,1-3H3,(H,20,21)/t11?,12?,13?,14-,17?/m1/s1. The van der Waals surface area contributed by atoms with E-state index in [1.54, 1.807) is 6.08 Å². The Morgan fingerprint density at radius 2 is 2.32 bits per heavy atom. The summed E-state index contributed by atoms with van der Waals surface area (Å²) in [4.78, 5) is 26.1. The van der Waals surface area contributed by atoms with Crippen LogP contribution in [0.25, 0.3) is 0 Å². The number of likely N-dealkylation sites (tertiary alicyclic amines) is 1. The summed E-state index contributed by atoms with van der Waals surface area (Å²) in [5.74, 6) is -2.31. The summed E-state index contributed by atoms with van der Waals surface area (Å²) in [5, 5.41) is 9.43. The monoisotopic (exact) mass is 305 g/mol. The zero-order valence-corrected chi connectivity index (χ0v) is 13.3. The number of hydrogen-bond donors (Lipinski definition) is 1. The van der Waals surface area contributed by atoms with Crippen molar-refractivity contribution in [3.8, 4) is 0 Å². The van der Waals surface area contributed by atoms with Gasteiger partial charge in [-0.2, -0.15) is 0 Å². The van der Waals surface area contributed by atoms with E-state index in [2.05, 4.69) is 19.9 Å². The number of carbonyl (C=O) groups excluding carboxylic acids is 1. The SMILES string of the molecule is CC(C)=CCCC(C)N1CC23C=CC(O2)C(C(=O)O)[C@@H]3C1=O. The first-order valence-electron chi connectivity index (χ1n) is 7.89. The van der Waals surface area contributed by atoms with Crippen LogP contribution in [-0.2, 0) is 14.3 Å². The lowest BCUT2D eigenvalue weighted by molar-refractivity contribution is -0.148. The van der Waals surface area contributed by atoms with Crippen LogP contribution in [0.4, 0.5) is 0 Å². The molecule has 0 saturated carbocycles. The third-order valence-electron chi connectivity index (χ3n) is 5.08. The fraction of sp³-hybridized carbons (Fsp3) is 0.647. The van der Waals surface area contributed by atoms with Crippen molar-refractivity contribution in [2.75, 3.05) is 6.54 Å². The van der Waals surface area contributed by atoms with Gasteiger partial charge in [0.25, 0.3) is 0 Å². The van der Waals surface area contributed by atoms with Gasteiger partial charge in [-0.3, -0.25) is 9.59 Å². The number of ether oxygens (including phenoxy) is 1. The first kappa shape index (κ1) is 15.3. The molecule has 3 aliphatic rings. The van der Waals surface area contributed by atoms with Crippen molar-refractivity contribution in [1.29, 1.82) is 0 Å². The van der Waals surface area contributed by atoms with E-state index in [4.69, 9.17) is 4.74 Å². The molecular formula is C17H23NO4. The van der Waals surface area contributed by atoms with Crippen molar-refractivity contribution in [3.63, 3.8) is 0 Å². The van der Waals surface area contributed by atoms with Gasteiger partial charge in [-0.1, -0.05) is 23.8 Å². The molecule has 2 saturated heterocycles. The van der Waals surface area contributed by atoms with Crippen LogP contribution in [-0.4, -0.2) is 46.2 Å². The van der Waals surface area contributed by atoms with Gasteiger partial charge in [0.15, 0.2) is 0 Å². The Labute approximate surface area is 130 Å². The van der Waals surface area contributed by atoms with E-state index < -0.39 is 29.5 Å². The van der Waals surface area contributed by atoms with Gasteiger partial charge in [-0.15, -0.1) is 0 Å². The van der Waals surface area contributed by atoms with Crippen LogP contribution in [0.15, 0.2) is 23.8 Å². The normalized spacial score (nSPS) is 36.6. The van der Waals surface area contributed by atoms with Gasteiger partial charge >= 0.3 is 5.97 Å². The molecule has 5 nitrogen and oxygen atoms in total. The van der Waals surface area contributed by atoms with E-state index >= 15 is 0 Å². The molecule has 2 fully saturated rings. The van der Waals surface area contributed by atoms with Crippen molar-refractivity contribution in [1.82, 2.24) is 4.90 Å². The Balaban J connectivity index is 1.76. The average molecular weight is 305 g/mol. The van der Waals surface area contributed by atoms with Crippen LogP contribution in [0, 0.1) is 11.8 Å². The summed E-state index contributed by atoms with van der Waals surface area (Å²) < 4.78 is 5.88. The molecule has 2 bridgehead atoms. The Hall–Kier alpha value is -1.62. The van der Waals surface area contributed by atoms with Crippen LogP contribution >= 0.6 is 0 Å².